The third-order valence-corrected chi connectivity index (χ3v) is 4.49. The molecule has 0 bridgehead atoms. The number of rotatable bonds is 4. The van der Waals surface area contributed by atoms with Gasteiger partial charge in [0.1, 0.15) is 5.82 Å². The number of benzene rings is 1. The molecule has 1 saturated heterocycles. The van der Waals surface area contributed by atoms with E-state index in [4.69, 9.17) is 0 Å². The molecular formula is C19H19N5O. The number of aryl methyl sites for hydroxylation is 1. The highest BCUT2D eigenvalue weighted by Crippen LogP contribution is 2.29. The molecule has 1 atom stereocenters. The molecule has 0 saturated carbocycles. The van der Waals surface area contributed by atoms with Crippen LogP contribution in [0.5, 0.6) is 0 Å². The maximum Gasteiger partial charge on any atom is 0.223 e. The van der Waals surface area contributed by atoms with E-state index in [0.717, 1.165) is 11.5 Å². The molecule has 126 valence electrons. The molecule has 1 amide bonds. The fourth-order valence-corrected chi connectivity index (χ4v) is 3.29. The lowest BCUT2D eigenvalue weighted by atomic mass is 9.99. The largest absolute Gasteiger partial charge is 0.335 e. The predicted octanol–water partition coefficient (Wildman–Crippen LogP) is 2.49. The van der Waals surface area contributed by atoms with Gasteiger partial charge in [0.25, 0.3) is 0 Å². The van der Waals surface area contributed by atoms with Crippen LogP contribution in [0.1, 0.15) is 29.6 Å². The van der Waals surface area contributed by atoms with Gasteiger partial charge in [-0.25, -0.2) is 9.67 Å². The van der Waals surface area contributed by atoms with E-state index in [1.165, 1.54) is 5.56 Å². The van der Waals surface area contributed by atoms with Gasteiger partial charge < -0.3 is 4.90 Å². The van der Waals surface area contributed by atoms with Crippen molar-refractivity contribution in [3.8, 4) is 5.69 Å². The first-order valence-electron chi connectivity index (χ1n) is 8.36. The summed E-state index contributed by atoms with van der Waals surface area (Å²) in [5.41, 5.74) is 2.06. The number of pyridine rings is 1. The fraction of sp³-hybridized carbons (Fsp3) is 0.263. The van der Waals surface area contributed by atoms with Gasteiger partial charge in [0.15, 0.2) is 5.82 Å². The lowest BCUT2D eigenvalue weighted by Gasteiger charge is -2.16. The summed E-state index contributed by atoms with van der Waals surface area (Å²) in [5.74, 6) is 1.84. The van der Waals surface area contributed by atoms with Crippen molar-refractivity contribution in [3.63, 3.8) is 0 Å². The predicted molar refractivity (Wildman–Crippen MR) is 93.1 cm³/mol. The number of likely N-dealkylation sites (tertiary alicyclic amines) is 1. The number of nitrogens with zero attached hydrogens (tertiary/aromatic N) is 5. The Kier molecular flexibility index (Phi) is 4.01. The average Bonchev–Trinajstić information content (AvgIpc) is 3.20. The first kappa shape index (κ1) is 15.5. The fourth-order valence-electron chi connectivity index (χ4n) is 3.29. The van der Waals surface area contributed by atoms with Gasteiger partial charge in [-0.3, -0.25) is 9.78 Å². The van der Waals surface area contributed by atoms with Crippen LogP contribution >= 0.6 is 0 Å². The monoisotopic (exact) mass is 333 g/mol. The number of amides is 1. The van der Waals surface area contributed by atoms with E-state index in [0.29, 0.717) is 25.3 Å². The molecule has 0 radical (unpaired) electrons. The second kappa shape index (κ2) is 6.47. The van der Waals surface area contributed by atoms with Crippen molar-refractivity contribution in [1.82, 2.24) is 24.6 Å². The first-order chi connectivity index (χ1) is 12.2. The van der Waals surface area contributed by atoms with Crippen molar-refractivity contribution in [2.24, 2.45) is 0 Å². The summed E-state index contributed by atoms with van der Waals surface area (Å²) in [6, 6.07) is 14.0. The Morgan fingerprint density at radius 1 is 1.16 bits per heavy atom. The molecule has 2 aromatic heterocycles. The topological polar surface area (TPSA) is 63.9 Å². The van der Waals surface area contributed by atoms with Crippen LogP contribution in [-0.4, -0.2) is 37.1 Å². The molecule has 0 aliphatic carbocycles. The number of carbonyl (C=O) groups excluding carboxylic acids is 1. The van der Waals surface area contributed by atoms with Crippen LogP contribution in [-0.2, 0) is 11.3 Å². The van der Waals surface area contributed by atoms with E-state index in [1.54, 1.807) is 17.1 Å². The summed E-state index contributed by atoms with van der Waals surface area (Å²) in [4.78, 5) is 23.0. The van der Waals surface area contributed by atoms with Gasteiger partial charge in [-0.15, -0.1) is 0 Å². The number of carbonyl (C=O) groups is 1. The molecule has 1 fully saturated rings. The second-order valence-corrected chi connectivity index (χ2v) is 6.28. The third kappa shape index (κ3) is 3.15. The molecule has 1 aliphatic heterocycles. The molecule has 4 rings (SSSR count). The van der Waals surface area contributed by atoms with Gasteiger partial charge in [0, 0.05) is 25.1 Å². The maximum absolute atomic E-state index is 12.5. The number of hydrogen-bond donors (Lipinski definition) is 0. The standard InChI is InChI=1S/C19H19N5O/c1-14-21-18(24(22-14)17-8-5-9-20-11-17)13-23-12-16(10-19(23)25)15-6-3-2-4-7-15/h2-9,11,16H,10,12-13H2,1H3/t16-/m0/s1. The summed E-state index contributed by atoms with van der Waals surface area (Å²) in [5, 5.41) is 4.45. The molecule has 0 unspecified atom stereocenters. The van der Waals surface area contributed by atoms with E-state index >= 15 is 0 Å². The summed E-state index contributed by atoms with van der Waals surface area (Å²) in [6.45, 7) is 3.02. The smallest absolute Gasteiger partial charge is 0.223 e. The van der Waals surface area contributed by atoms with Crippen LogP contribution in [0.15, 0.2) is 54.9 Å². The van der Waals surface area contributed by atoms with E-state index in [1.807, 2.05) is 42.2 Å². The lowest BCUT2D eigenvalue weighted by Crippen LogP contribution is -2.26. The highest BCUT2D eigenvalue weighted by molar-refractivity contribution is 5.79. The summed E-state index contributed by atoms with van der Waals surface area (Å²) >= 11 is 0. The van der Waals surface area contributed by atoms with Gasteiger partial charge >= 0.3 is 0 Å². The van der Waals surface area contributed by atoms with Crippen LogP contribution in [0.2, 0.25) is 0 Å². The average molecular weight is 333 g/mol. The molecule has 0 spiro atoms. The highest BCUT2D eigenvalue weighted by Gasteiger charge is 2.31. The molecule has 6 heteroatoms. The van der Waals surface area contributed by atoms with Crippen molar-refractivity contribution < 1.29 is 4.79 Å². The quantitative estimate of drug-likeness (QED) is 0.736. The van der Waals surface area contributed by atoms with Crippen LogP contribution < -0.4 is 0 Å². The maximum atomic E-state index is 12.5. The minimum Gasteiger partial charge on any atom is -0.335 e. The Labute approximate surface area is 146 Å². The molecular weight excluding hydrogens is 314 g/mol. The van der Waals surface area contributed by atoms with E-state index in [-0.39, 0.29) is 11.8 Å². The second-order valence-electron chi connectivity index (χ2n) is 6.28. The Hall–Kier alpha value is -3.02. The van der Waals surface area contributed by atoms with Crippen molar-refractivity contribution in [2.75, 3.05) is 6.54 Å². The minimum atomic E-state index is 0.159. The van der Waals surface area contributed by atoms with Gasteiger partial charge in [0.05, 0.1) is 18.4 Å². The molecule has 1 aliphatic rings. The Bertz CT molecular complexity index is 875. The molecule has 1 aromatic carbocycles. The van der Waals surface area contributed by atoms with E-state index in [9.17, 15) is 4.79 Å². The minimum absolute atomic E-state index is 0.159. The van der Waals surface area contributed by atoms with Crippen LogP contribution in [0.3, 0.4) is 0 Å². The summed E-state index contributed by atoms with van der Waals surface area (Å²) < 4.78 is 1.77. The van der Waals surface area contributed by atoms with Crippen LogP contribution in [0, 0.1) is 6.92 Å². The Balaban J connectivity index is 1.56. The Morgan fingerprint density at radius 2 is 2.00 bits per heavy atom. The van der Waals surface area contributed by atoms with Crippen molar-refractivity contribution in [2.45, 2.75) is 25.8 Å². The van der Waals surface area contributed by atoms with Crippen molar-refractivity contribution >= 4 is 5.91 Å². The molecule has 0 N–H and O–H groups in total. The highest BCUT2D eigenvalue weighted by atomic mass is 16.2. The first-order valence-corrected chi connectivity index (χ1v) is 8.36. The van der Waals surface area contributed by atoms with Gasteiger partial charge in [0.2, 0.25) is 5.91 Å². The van der Waals surface area contributed by atoms with Gasteiger partial charge in [-0.2, -0.15) is 5.10 Å². The van der Waals surface area contributed by atoms with E-state index < -0.39 is 0 Å². The van der Waals surface area contributed by atoms with Crippen LogP contribution in [0.4, 0.5) is 0 Å². The lowest BCUT2D eigenvalue weighted by molar-refractivity contribution is -0.128. The van der Waals surface area contributed by atoms with Crippen LogP contribution in [0.25, 0.3) is 5.69 Å². The summed E-state index contributed by atoms with van der Waals surface area (Å²) in [6.07, 6.45) is 4.02. The van der Waals surface area contributed by atoms with Crippen molar-refractivity contribution in [1.29, 1.82) is 0 Å². The van der Waals surface area contributed by atoms with E-state index in [2.05, 4.69) is 27.2 Å². The zero-order valence-electron chi connectivity index (χ0n) is 14.0. The third-order valence-electron chi connectivity index (χ3n) is 4.49. The summed E-state index contributed by atoms with van der Waals surface area (Å²) in [7, 11) is 0. The number of aromatic nitrogens is 4. The molecule has 3 aromatic rings. The van der Waals surface area contributed by atoms with Gasteiger partial charge in [-0.05, 0) is 24.6 Å². The Morgan fingerprint density at radius 3 is 2.76 bits per heavy atom. The SMILES string of the molecule is Cc1nc(CN2C[C@@H](c3ccccc3)CC2=O)n(-c2cccnc2)n1. The molecule has 25 heavy (non-hydrogen) atoms. The van der Waals surface area contributed by atoms with Gasteiger partial charge in [-0.1, -0.05) is 30.3 Å². The number of hydrogen-bond acceptors (Lipinski definition) is 4. The molecule has 6 nitrogen and oxygen atoms in total. The molecule has 3 heterocycles. The normalized spacial score (nSPS) is 17.2. The zero-order valence-corrected chi connectivity index (χ0v) is 14.0. The zero-order chi connectivity index (χ0) is 17.2. The van der Waals surface area contributed by atoms with Crippen molar-refractivity contribution in [3.05, 3.63) is 72.1 Å².